The number of benzene rings is 1. The number of ether oxygens (including phenoxy) is 1. The molecule has 3 rings (SSSR count). The van der Waals surface area contributed by atoms with Crippen LogP contribution in [0, 0.1) is 6.92 Å². The van der Waals surface area contributed by atoms with Crippen molar-refractivity contribution in [3.05, 3.63) is 71.2 Å². The number of carbonyl (C=O) groups is 1. The van der Waals surface area contributed by atoms with Crippen molar-refractivity contribution in [1.29, 1.82) is 0 Å². The summed E-state index contributed by atoms with van der Waals surface area (Å²) < 4.78 is 5.19. The second kappa shape index (κ2) is 5.09. The summed E-state index contributed by atoms with van der Waals surface area (Å²) in [6.07, 6.45) is 5.01. The first-order valence-corrected chi connectivity index (χ1v) is 6.22. The highest BCUT2D eigenvalue weighted by Crippen LogP contribution is 2.18. The predicted molar refractivity (Wildman–Crippen MR) is 76.0 cm³/mol. The van der Waals surface area contributed by atoms with Crippen LogP contribution < -0.4 is 0 Å². The molecule has 0 aliphatic carbocycles. The van der Waals surface area contributed by atoms with Gasteiger partial charge in [-0.2, -0.15) is 0 Å². The summed E-state index contributed by atoms with van der Waals surface area (Å²) in [6.45, 7) is 2.00. The normalized spacial score (nSPS) is 16.1. The molecule has 0 amide bonds. The SMILES string of the molecule is Cc1ccc(C2=N/C(=C\c3cccnc3)C(=O)O2)cc1. The molecule has 0 radical (unpaired) electrons. The zero-order chi connectivity index (χ0) is 13.9. The van der Waals surface area contributed by atoms with Gasteiger partial charge in [-0.15, -0.1) is 0 Å². The molecule has 98 valence electrons. The third-order valence-corrected chi connectivity index (χ3v) is 2.91. The van der Waals surface area contributed by atoms with Crippen molar-refractivity contribution < 1.29 is 9.53 Å². The van der Waals surface area contributed by atoms with E-state index in [1.165, 1.54) is 0 Å². The van der Waals surface area contributed by atoms with Gasteiger partial charge in [0.1, 0.15) is 0 Å². The van der Waals surface area contributed by atoms with Crippen LogP contribution in [0.3, 0.4) is 0 Å². The number of aryl methyl sites for hydroxylation is 1. The summed E-state index contributed by atoms with van der Waals surface area (Å²) in [5.74, 6) is -0.102. The van der Waals surface area contributed by atoms with Crippen molar-refractivity contribution >= 4 is 17.9 Å². The molecule has 1 aromatic carbocycles. The highest BCUT2D eigenvalue weighted by atomic mass is 16.6. The van der Waals surface area contributed by atoms with E-state index in [4.69, 9.17) is 4.74 Å². The standard InChI is InChI=1S/C16H12N2O2/c1-11-4-6-13(7-5-11)15-18-14(16(19)20-15)9-12-3-2-8-17-10-12/h2-10H,1H3/b14-9-. The van der Waals surface area contributed by atoms with Crippen molar-refractivity contribution in [2.45, 2.75) is 6.92 Å². The molecule has 2 heterocycles. The number of rotatable bonds is 2. The Kier molecular flexibility index (Phi) is 3.13. The molecule has 20 heavy (non-hydrogen) atoms. The van der Waals surface area contributed by atoms with Gasteiger partial charge in [-0.3, -0.25) is 4.98 Å². The van der Waals surface area contributed by atoms with Crippen LogP contribution in [0.4, 0.5) is 0 Å². The van der Waals surface area contributed by atoms with Crippen LogP contribution in [0.25, 0.3) is 6.08 Å². The molecule has 0 unspecified atom stereocenters. The second-order valence-electron chi connectivity index (χ2n) is 4.49. The Morgan fingerprint density at radius 3 is 2.65 bits per heavy atom. The fourth-order valence-electron chi connectivity index (χ4n) is 1.85. The van der Waals surface area contributed by atoms with Crippen molar-refractivity contribution in [2.75, 3.05) is 0 Å². The van der Waals surface area contributed by atoms with Crippen LogP contribution in [0.15, 0.2) is 59.5 Å². The lowest BCUT2D eigenvalue weighted by Crippen LogP contribution is -2.05. The van der Waals surface area contributed by atoms with Gasteiger partial charge in [0, 0.05) is 18.0 Å². The molecule has 0 saturated carbocycles. The lowest BCUT2D eigenvalue weighted by molar-refractivity contribution is -0.129. The van der Waals surface area contributed by atoms with Gasteiger partial charge < -0.3 is 4.74 Å². The number of cyclic esters (lactones) is 1. The largest absolute Gasteiger partial charge is 0.402 e. The van der Waals surface area contributed by atoms with Gasteiger partial charge in [0.05, 0.1) is 0 Å². The van der Waals surface area contributed by atoms with E-state index in [1.807, 2.05) is 37.3 Å². The van der Waals surface area contributed by atoms with Crippen LogP contribution in [0.5, 0.6) is 0 Å². The Morgan fingerprint density at radius 2 is 1.95 bits per heavy atom. The molecule has 0 saturated heterocycles. The van der Waals surface area contributed by atoms with Crippen LogP contribution >= 0.6 is 0 Å². The Labute approximate surface area is 116 Å². The van der Waals surface area contributed by atoms with Crippen molar-refractivity contribution in [2.24, 2.45) is 4.99 Å². The number of hydrogen-bond donors (Lipinski definition) is 0. The first-order valence-electron chi connectivity index (χ1n) is 6.22. The van der Waals surface area contributed by atoms with E-state index in [9.17, 15) is 4.79 Å². The third kappa shape index (κ3) is 2.49. The van der Waals surface area contributed by atoms with E-state index in [0.717, 1.165) is 16.7 Å². The fourth-order valence-corrected chi connectivity index (χ4v) is 1.85. The molecule has 1 aliphatic heterocycles. The van der Waals surface area contributed by atoms with Gasteiger partial charge in [-0.25, -0.2) is 9.79 Å². The first kappa shape index (κ1) is 12.3. The molecule has 0 N–H and O–H groups in total. The summed E-state index contributed by atoms with van der Waals surface area (Å²) >= 11 is 0. The average Bonchev–Trinajstić information content (AvgIpc) is 2.82. The third-order valence-electron chi connectivity index (χ3n) is 2.91. The first-order chi connectivity index (χ1) is 9.72. The summed E-state index contributed by atoms with van der Waals surface area (Å²) in [5.41, 5.74) is 3.03. The summed E-state index contributed by atoms with van der Waals surface area (Å²) in [6, 6.07) is 11.3. The van der Waals surface area contributed by atoms with E-state index < -0.39 is 5.97 Å². The number of carbonyl (C=O) groups excluding carboxylic acids is 1. The molecule has 1 aliphatic rings. The van der Waals surface area contributed by atoms with Gasteiger partial charge in [0.15, 0.2) is 5.70 Å². The highest BCUT2D eigenvalue weighted by molar-refractivity contribution is 6.12. The quantitative estimate of drug-likeness (QED) is 0.619. The maximum Gasteiger partial charge on any atom is 0.363 e. The van der Waals surface area contributed by atoms with E-state index >= 15 is 0 Å². The van der Waals surface area contributed by atoms with E-state index in [2.05, 4.69) is 9.98 Å². The van der Waals surface area contributed by atoms with E-state index in [1.54, 1.807) is 24.5 Å². The number of hydrogen-bond acceptors (Lipinski definition) is 4. The molecule has 4 heteroatoms. The van der Waals surface area contributed by atoms with Gasteiger partial charge >= 0.3 is 5.97 Å². The minimum atomic E-state index is -0.440. The van der Waals surface area contributed by atoms with Gasteiger partial charge in [0.2, 0.25) is 5.90 Å². The molecule has 0 bridgehead atoms. The Balaban J connectivity index is 1.93. The lowest BCUT2D eigenvalue weighted by Gasteiger charge is -1.99. The fraction of sp³-hybridized carbons (Fsp3) is 0.0625. The van der Waals surface area contributed by atoms with Gasteiger partial charge in [-0.05, 0) is 36.8 Å². The number of aromatic nitrogens is 1. The number of nitrogens with zero attached hydrogens (tertiary/aromatic N) is 2. The number of pyridine rings is 1. The molecule has 0 atom stereocenters. The monoisotopic (exact) mass is 264 g/mol. The summed E-state index contributed by atoms with van der Waals surface area (Å²) in [5, 5.41) is 0. The average molecular weight is 264 g/mol. The minimum absolute atomic E-state index is 0.286. The Hall–Kier alpha value is -2.75. The van der Waals surface area contributed by atoms with E-state index in [-0.39, 0.29) is 5.70 Å². The molecule has 1 aromatic heterocycles. The van der Waals surface area contributed by atoms with Crippen LogP contribution in [-0.2, 0) is 9.53 Å². The molecular weight excluding hydrogens is 252 g/mol. The molecule has 4 nitrogen and oxygen atoms in total. The van der Waals surface area contributed by atoms with Gasteiger partial charge in [0.25, 0.3) is 0 Å². The number of aliphatic imine (C=N–C) groups is 1. The van der Waals surface area contributed by atoms with Crippen molar-refractivity contribution in [1.82, 2.24) is 4.98 Å². The Morgan fingerprint density at radius 1 is 1.15 bits per heavy atom. The van der Waals surface area contributed by atoms with Crippen molar-refractivity contribution in [3.8, 4) is 0 Å². The van der Waals surface area contributed by atoms with E-state index in [0.29, 0.717) is 5.90 Å². The minimum Gasteiger partial charge on any atom is -0.402 e. The molecule has 2 aromatic rings. The lowest BCUT2D eigenvalue weighted by atomic mass is 10.1. The van der Waals surface area contributed by atoms with Crippen LogP contribution in [0.1, 0.15) is 16.7 Å². The second-order valence-corrected chi connectivity index (χ2v) is 4.49. The van der Waals surface area contributed by atoms with Gasteiger partial charge in [-0.1, -0.05) is 23.8 Å². The molecule has 0 fully saturated rings. The number of esters is 1. The maximum atomic E-state index is 11.8. The molecule has 0 spiro atoms. The zero-order valence-corrected chi connectivity index (χ0v) is 10.9. The topological polar surface area (TPSA) is 51.5 Å². The van der Waals surface area contributed by atoms with Crippen molar-refractivity contribution in [3.63, 3.8) is 0 Å². The Bertz CT molecular complexity index is 701. The van der Waals surface area contributed by atoms with Crippen LogP contribution in [-0.4, -0.2) is 16.9 Å². The summed E-state index contributed by atoms with van der Waals surface area (Å²) in [7, 11) is 0. The summed E-state index contributed by atoms with van der Waals surface area (Å²) in [4.78, 5) is 20.0. The zero-order valence-electron chi connectivity index (χ0n) is 10.9. The molecular formula is C16H12N2O2. The smallest absolute Gasteiger partial charge is 0.363 e. The van der Waals surface area contributed by atoms with Crippen LogP contribution in [0.2, 0.25) is 0 Å². The maximum absolute atomic E-state index is 11.8. The predicted octanol–water partition coefficient (Wildman–Crippen LogP) is 2.73. The highest BCUT2D eigenvalue weighted by Gasteiger charge is 2.23.